The van der Waals surface area contributed by atoms with Crippen LogP contribution in [0.3, 0.4) is 0 Å². The van der Waals surface area contributed by atoms with Crippen molar-refractivity contribution in [3.05, 3.63) is 23.8 Å². The van der Waals surface area contributed by atoms with Crippen molar-refractivity contribution in [2.45, 2.75) is 32.7 Å². The van der Waals surface area contributed by atoms with Crippen molar-refractivity contribution in [2.75, 3.05) is 18.5 Å². The third-order valence-electron chi connectivity index (χ3n) is 2.91. The fraction of sp³-hybridized carbons (Fsp3) is 0.500. The molecule has 0 aliphatic heterocycles. The lowest BCUT2D eigenvalue weighted by molar-refractivity contribution is -0.115. The highest BCUT2D eigenvalue weighted by molar-refractivity contribution is 5.93. The van der Waals surface area contributed by atoms with Crippen molar-refractivity contribution >= 4 is 11.6 Å². The molecule has 0 unspecified atom stereocenters. The number of aryl methyl sites for hydroxylation is 1. The summed E-state index contributed by atoms with van der Waals surface area (Å²) in [6.45, 7) is 4.95. The van der Waals surface area contributed by atoms with Crippen LogP contribution in [0.1, 0.15) is 25.3 Å². The number of hydrogen-bond acceptors (Lipinski definition) is 3. The van der Waals surface area contributed by atoms with E-state index in [-0.39, 0.29) is 5.91 Å². The van der Waals surface area contributed by atoms with Crippen LogP contribution in [0.25, 0.3) is 0 Å². The molecule has 1 aliphatic rings. The van der Waals surface area contributed by atoms with Crippen LogP contribution in [-0.4, -0.2) is 25.1 Å². The molecule has 2 rings (SSSR count). The van der Waals surface area contributed by atoms with Crippen molar-refractivity contribution in [1.82, 2.24) is 5.32 Å². The highest BCUT2D eigenvalue weighted by atomic mass is 16.5. The van der Waals surface area contributed by atoms with E-state index >= 15 is 0 Å². The van der Waals surface area contributed by atoms with Gasteiger partial charge in [-0.15, -0.1) is 0 Å². The first-order chi connectivity index (χ1) is 8.69. The summed E-state index contributed by atoms with van der Waals surface area (Å²) in [6.07, 6.45) is 2.38. The maximum absolute atomic E-state index is 11.7. The Morgan fingerprint density at radius 1 is 1.44 bits per heavy atom. The topological polar surface area (TPSA) is 50.4 Å². The van der Waals surface area contributed by atoms with Gasteiger partial charge in [0.05, 0.1) is 13.2 Å². The van der Waals surface area contributed by atoms with Gasteiger partial charge in [-0.3, -0.25) is 4.79 Å². The lowest BCUT2D eigenvalue weighted by Crippen LogP contribution is -2.29. The van der Waals surface area contributed by atoms with Crippen molar-refractivity contribution in [3.8, 4) is 5.75 Å². The Labute approximate surface area is 108 Å². The van der Waals surface area contributed by atoms with Crippen LogP contribution in [0.4, 0.5) is 5.69 Å². The number of anilines is 1. The van der Waals surface area contributed by atoms with Crippen LogP contribution in [0.15, 0.2) is 18.2 Å². The van der Waals surface area contributed by atoms with E-state index in [1.807, 2.05) is 32.0 Å². The van der Waals surface area contributed by atoms with Gasteiger partial charge in [-0.1, -0.05) is 0 Å². The second-order valence-corrected chi connectivity index (χ2v) is 4.61. The molecule has 1 amide bonds. The highest BCUT2D eigenvalue weighted by Gasteiger charge is 2.21. The van der Waals surface area contributed by atoms with E-state index in [2.05, 4.69) is 10.6 Å². The molecular weight excluding hydrogens is 228 g/mol. The highest BCUT2D eigenvalue weighted by Crippen LogP contribution is 2.21. The van der Waals surface area contributed by atoms with E-state index in [9.17, 15) is 4.79 Å². The average molecular weight is 248 g/mol. The monoisotopic (exact) mass is 248 g/mol. The summed E-state index contributed by atoms with van der Waals surface area (Å²) < 4.78 is 5.41. The summed E-state index contributed by atoms with van der Waals surface area (Å²) in [6, 6.07) is 6.25. The van der Waals surface area contributed by atoms with Gasteiger partial charge in [0.1, 0.15) is 5.75 Å². The molecule has 2 N–H and O–H groups in total. The summed E-state index contributed by atoms with van der Waals surface area (Å²) >= 11 is 0. The quantitative estimate of drug-likeness (QED) is 0.810. The van der Waals surface area contributed by atoms with Crippen LogP contribution in [0.5, 0.6) is 5.75 Å². The maximum Gasteiger partial charge on any atom is 0.238 e. The van der Waals surface area contributed by atoms with Gasteiger partial charge in [-0.2, -0.15) is 0 Å². The van der Waals surface area contributed by atoms with E-state index in [0.717, 1.165) is 17.0 Å². The predicted octanol–water partition coefficient (Wildman–Crippen LogP) is 2.08. The molecular formula is C14H20N2O2. The summed E-state index contributed by atoms with van der Waals surface area (Å²) in [7, 11) is 0. The third kappa shape index (κ3) is 3.74. The maximum atomic E-state index is 11.7. The van der Waals surface area contributed by atoms with Crippen LogP contribution in [0, 0.1) is 6.92 Å². The SMILES string of the molecule is CCOc1ccc(NC(=O)CNC2CC2)c(C)c1. The first-order valence-electron chi connectivity index (χ1n) is 6.45. The van der Waals surface area contributed by atoms with Crippen LogP contribution >= 0.6 is 0 Å². The normalized spacial score (nSPS) is 14.3. The van der Waals surface area contributed by atoms with Crippen molar-refractivity contribution in [3.63, 3.8) is 0 Å². The molecule has 18 heavy (non-hydrogen) atoms. The van der Waals surface area contributed by atoms with Crippen LogP contribution in [0.2, 0.25) is 0 Å². The van der Waals surface area contributed by atoms with E-state index in [1.54, 1.807) is 0 Å². The van der Waals surface area contributed by atoms with Gasteiger partial charge in [0, 0.05) is 11.7 Å². The molecule has 0 radical (unpaired) electrons. The van der Waals surface area contributed by atoms with Gasteiger partial charge >= 0.3 is 0 Å². The Balaban J connectivity index is 1.89. The summed E-state index contributed by atoms with van der Waals surface area (Å²) in [5.74, 6) is 0.846. The van der Waals surface area contributed by atoms with Gasteiger partial charge < -0.3 is 15.4 Å². The minimum Gasteiger partial charge on any atom is -0.494 e. The second-order valence-electron chi connectivity index (χ2n) is 4.61. The van der Waals surface area contributed by atoms with Crippen LogP contribution in [-0.2, 0) is 4.79 Å². The first kappa shape index (κ1) is 12.9. The van der Waals surface area contributed by atoms with Gasteiger partial charge in [0.15, 0.2) is 0 Å². The summed E-state index contributed by atoms with van der Waals surface area (Å²) in [5.41, 5.74) is 1.86. The predicted molar refractivity (Wildman–Crippen MR) is 72.0 cm³/mol. The number of hydrogen-bond donors (Lipinski definition) is 2. The Morgan fingerprint density at radius 2 is 2.22 bits per heavy atom. The van der Waals surface area contributed by atoms with E-state index in [1.165, 1.54) is 12.8 Å². The fourth-order valence-electron chi connectivity index (χ4n) is 1.75. The largest absolute Gasteiger partial charge is 0.494 e. The summed E-state index contributed by atoms with van der Waals surface area (Å²) in [4.78, 5) is 11.7. The van der Waals surface area contributed by atoms with Gasteiger partial charge in [0.2, 0.25) is 5.91 Å². The smallest absolute Gasteiger partial charge is 0.238 e. The average Bonchev–Trinajstić information content (AvgIpc) is 3.14. The number of benzene rings is 1. The van der Waals surface area contributed by atoms with Crippen LogP contribution < -0.4 is 15.4 Å². The molecule has 0 spiro atoms. The molecule has 0 atom stereocenters. The number of ether oxygens (including phenoxy) is 1. The number of carbonyl (C=O) groups is 1. The number of carbonyl (C=O) groups excluding carboxylic acids is 1. The molecule has 1 aliphatic carbocycles. The zero-order chi connectivity index (χ0) is 13.0. The standard InChI is InChI=1S/C14H20N2O2/c1-3-18-12-6-7-13(10(2)8-12)16-14(17)9-15-11-4-5-11/h6-8,11,15H,3-5,9H2,1-2H3,(H,16,17). The fourth-order valence-corrected chi connectivity index (χ4v) is 1.75. The van der Waals surface area contributed by atoms with Crippen molar-refractivity contribution in [1.29, 1.82) is 0 Å². The Morgan fingerprint density at radius 3 is 2.83 bits per heavy atom. The third-order valence-corrected chi connectivity index (χ3v) is 2.91. The van der Waals surface area contributed by atoms with Gasteiger partial charge in [0.25, 0.3) is 0 Å². The Kier molecular flexibility index (Phi) is 4.20. The molecule has 0 aromatic heterocycles. The van der Waals surface area contributed by atoms with E-state index in [4.69, 9.17) is 4.74 Å². The lowest BCUT2D eigenvalue weighted by atomic mass is 10.2. The molecule has 1 fully saturated rings. The molecule has 0 heterocycles. The molecule has 0 saturated heterocycles. The molecule has 4 nitrogen and oxygen atoms in total. The number of amides is 1. The Bertz CT molecular complexity index is 428. The molecule has 1 aromatic carbocycles. The molecule has 4 heteroatoms. The zero-order valence-corrected chi connectivity index (χ0v) is 11.0. The van der Waals surface area contributed by atoms with Gasteiger partial charge in [-0.25, -0.2) is 0 Å². The minimum atomic E-state index is 0.00848. The van der Waals surface area contributed by atoms with E-state index < -0.39 is 0 Å². The summed E-state index contributed by atoms with van der Waals surface area (Å²) in [5, 5.41) is 6.10. The zero-order valence-electron chi connectivity index (χ0n) is 11.0. The number of nitrogens with one attached hydrogen (secondary N) is 2. The molecule has 1 aromatic rings. The minimum absolute atomic E-state index is 0.00848. The van der Waals surface area contributed by atoms with Gasteiger partial charge in [-0.05, 0) is 50.5 Å². The Hall–Kier alpha value is -1.55. The van der Waals surface area contributed by atoms with Crippen molar-refractivity contribution < 1.29 is 9.53 Å². The first-order valence-corrected chi connectivity index (χ1v) is 6.45. The number of rotatable bonds is 6. The van der Waals surface area contributed by atoms with Crippen molar-refractivity contribution in [2.24, 2.45) is 0 Å². The second kappa shape index (κ2) is 5.87. The lowest BCUT2D eigenvalue weighted by Gasteiger charge is -2.11. The van der Waals surface area contributed by atoms with E-state index in [0.29, 0.717) is 19.2 Å². The molecule has 98 valence electrons. The molecule has 1 saturated carbocycles. The molecule has 0 bridgehead atoms.